The third kappa shape index (κ3) is 3.39. The molecule has 0 aliphatic heterocycles. The number of hydrogen-bond donors (Lipinski definition) is 0. The third-order valence-electron chi connectivity index (χ3n) is 3.53. The van der Waals surface area contributed by atoms with Gasteiger partial charge in [-0.15, -0.1) is 22.7 Å². The lowest BCUT2D eigenvalue weighted by Gasteiger charge is -2.12. The summed E-state index contributed by atoms with van der Waals surface area (Å²) in [7, 11) is 1.63. The summed E-state index contributed by atoms with van der Waals surface area (Å²) in [5.74, 6) is 0.560. The van der Waals surface area contributed by atoms with Gasteiger partial charge in [-0.25, -0.2) is 4.98 Å². The Morgan fingerprint density at radius 1 is 1.19 bits per heavy atom. The van der Waals surface area contributed by atoms with Gasteiger partial charge in [-0.2, -0.15) is 10.1 Å². The van der Waals surface area contributed by atoms with Crippen LogP contribution in [0.15, 0.2) is 58.3 Å². The molecule has 0 N–H and O–H groups in total. The fourth-order valence-corrected chi connectivity index (χ4v) is 4.46. The number of fused-ring (bicyclic) bond motifs is 1. The Morgan fingerprint density at radius 3 is 2.77 bits per heavy atom. The summed E-state index contributed by atoms with van der Waals surface area (Å²) in [4.78, 5) is 19.1. The molecule has 0 radical (unpaired) electrons. The lowest BCUT2D eigenvalue weighted by Crippen LogP contribution is -2.24. The zero-order chi connectivity index (χ0) is 17.9. The molecule has 0 aliphatic carbocycles. The van der Waals surface area contributed by atoms with Gasteiger partial charge in [0.05, 0.1) is 28.4 Å². The average Bonchev–Trinajstić information content (AvgIpc) is 3.41. The average molecular weight is 400 g/mol. The number of ether oxygens (including phenoxy) is 1. The van der Waals surface area contributed by atoms with Crippen molar-refractivity contribution in [2.24, 2.45) is 5.10 Å². The van der Waals surface area contributed by atoms with Gasteiger partial charge in [-0.3, -0.25) is 4.79 Å². The summed E-state index contributed by atoms with van der Waals surface area (Å²) in [6, 6.07) is 13.2. The van der Waals surface area contributed by atoms with Crippen molar-refractivity contribution in [3.63, 3.8) is 0 Å². The number of thiazole rings is 1. The molecule has 26 heavy (non-hydrogen) atoms. The number of hydrogen-bond acceptors (Lipinski definition) is 7. The van der Waals surface area contributed by atoms with Gasteiger partial charge in [0, 0.05) is 4.88 Å². The van der Waals surface area contributed by atoms with Crippen LogP contribution in [-0.4, -0.2) is 24.2 Å². The molecule has 8 heteroatoms. The number of thiophene rings is 2. The highest BCUT2D eigenvalue weighted by Crippen LogP contribution is 2.32. The van der Waals surface area contributed by atoms with Gasteiger partial charge >= 0.3 is 0 Å². The third-order valence-corrected chi connectivity index (χ3v) is 6.19. The molecular weight excluding hydrogens is 386 g/mol. The molecule has 1 amide bonds. The minimum absolute atomic E-state index is 0.196. The van der Waals surface area contributed by atoms with E-state index in [0.717, 1.165) is 20.8 Å². The van der Waals surface area contributed by atoms with Gasteiger partial charge in [0.25, 0.3) is 5.91 Å². The molecule has 3 heterocycles. The number of methoxy groups -OCH3 is 1. The zero-order valence-electron chi connectivity index (χ0n) is 13.7. The predicted molar refractivity (Wildman–Crippen MR) is 109 cm³/mol. The number of carbonyl (C=O) groups excluding carboxylic acids is 1. The first kappa shape index (κ1) is 16.9. The number of aromatic nitrogens is 1. The minimum atomic E-state index is -0.196. The van der Waals surface area contributed by atoms with Gasteiger partial charge in [-0.05, 0) is 41.1 Å². The van der Waals surface area contributed by atoms with Crippen molar-refractivity contribution in [2.45, 2.75) is 0 Å². The maximum absolute atomic E-state index is 12.9. The molecule has 130 valence electrons. The molecule has 4 aromatic rings. The molecule has 4 rings (SSSR count). The molecular formula is C18H13N3O2S3. The van der Waals surface area contributed by atoms with Crippen molar-refractivity contribution in [2.75, 3.05) is 12.1 Å². The highest BCUT2D eigenvalue weighted by Gasteiger charge is 2.22. The van der Waals surface area contributed by atoms with Crippen molar-refractivity contribution in [1.82, 2.24) is 4.98 Å². The molecule has 3 aromatic heterocycles. The highest BCUT2D eigenvalue weighted by molar-refractivity contribution is 7.22. The Morgan fingerprint density at radius 2 is 2.04 bits per heavy atom. The SMILES string of the molecule is COc1ccc2nc(N(/N=C\c3cccs3)C(=O)c3cccs3)sc2c1. The molecule has 0 unspecified atom stereocenters. The number of carbonyl (C=O) groups is 1. The quantitative estimate of drug-likeness (QED) is 0.346. The maximum Gasteiger partial charge on any atom is 0.290 e. The normalized spacial score (nSPS) is 11.3. The number of amides is 1. The van der Waals surface area contributed by atoms with Crippen LogP contribution in [0.5, 0.6) is 5.75 Å². The molecule has 0 fully saturated rings. The van der Waals surface area contributed by atoms with E-state index < -0.39 is 0 Å². The van der Waals surface area contributed by atoms with E-state index in [1.54, 1.807) is 30.7 Å². The Kier molecular flexibility index (Phi) is 4.79. The smallest absolute Gasteiger partial charge is 0.290 e. The van der Waals surface area contributed by atoms with Gasteiger partial charge in [-0.1, -0.05) is 23.5 Å². The van der Waals surface area contributed by atoms with Gasteiger partial charge in [0.2, 0.25) is 5.13 Å². The zero-order valence-corrected chi connectivity index (χ0v) is 16.1. The van der Waals surface area contributed by atoms with Gasteiger partial charge in [0.15, 0.2) is 0 Å². The van der Waals surface area contributed by atoms with Crippen LogP contribution < -0.4 is 9.75 Å². The van der Waals surface area contributed by atoms with E-state index in [9.17, 15) is 4.79 Å². The van der Waals surface area contributed by atoms with Gasteiger partial charge < -0.3 is 4.74 Å². The molecule has 0 aliphatic rings. The molecule has 1 aromatic carbocycles. The van der Waals surface area contributed by atoms with Crippen LogP contribution >= 0.6 is 34.0 Å². The summed E-state index contributed by atoms with van der Waals surface area (Å²) >= 11 is 4.35. The fraction of sp³-hybridized carbons (Fsp3) is 0.0556. The van der Waals surface area contributed by atoms with Crippen LogP contribution in [0.3, 0.4) is 0 Å². The van der Waals surface area contributed by atoms with Crippen LogP contribution in [0.4, 0.5) is 5.13 Å². The first-order valence-corrected chi connectivity index (χ1v) is 10.2. The van der Waals surface area contributed by atoms with Crippen molar-refractivity contribution >= 4 is 61.5 Å². The van der Waals surface area contributed by atoms with Crippen LogP contribution in [0.1, 0.15) is 14.5 Å². The summed E-state index contributed by atoms with van der Waals surface area (Å²) in [5.41, 5.74) is 0.807. The van der Waals surface area contributed by atoms with E-state index in [2.05, 4.69) is 10.1 Å². The maximum atomic E-state index is 12.9. The van der Waals surface area contributed by atoms with E-state index in [0.29, 0.717) is 10.0 Å². The Bertz CT molecular complexity index is 1050. The van der Waals surface area contributed by atoms with Crippen molar-refractivity contribution in [3.05, 3.63) is 63.0 Å². The van der Waals surface area contributed by atoms with E-state index >= 15 is 0 Å². The standard InChI is InChI=1S/C18H13N3O2S3/c1-23-12-6-7-14-16(10-12)26-18(20-14)21(17(22)15-5-3-9-25-15)19-11-13-4-2-8-24-13/h2-11H,1H3/b19-11-. The van der Waals surface area contributed by atoms with Crippen molar-refractivity contribution < 1.29 is 9.53 Å². The topological polar surface area (TPSA) is 54.8 Å². The summed E-state index contributed by atoms with van der Waals surface area (Å²) in [6.45, 7) is 0. The minimum Gasteiger partial charge on any atom is -0.497 e. The molecule has 0 atom stereocenters. The van der Waals surface area contributed by atoms with Crippen LogP contribution in [-0.2, 0) is 0 Å². The first-order chi connectivity index (χ1) is 12.7. The molecule has 0 spiro atoms. The Balaban J connectivity index is 1.75. The Hall–Kier alpha value is -2.55. The number of nitrogens with zero attached hydrogens (tertiary/aromatic N) is 3. The second-order valence-corrected chi connectivity index (χ2v) is 8.12. The molecule has 0 saturated carbocycles. The number of hydrazone groups is 1. The predicted octanol–water partition coefficient (Wildman–Crippen LogP) is 5.11. The number of anilines is 1. The molecule has 0 bridgehead atoms. The second kappa shape index (κ2) is 7.36. The van der Waals surface area contributed by atoms with Crippen LogP contribution in [0.2, 0.25) is 0 Å². The lowest BCUT2D eigenvalue weighted by molar-refractivity contribution is 0.0991. The molecule has 5 nitrogen and oxygen atoms in total. The van der Waals surface area contributed by atoms with E-state index in [1.807, 2.05) is 47.2 Å². The lowest BCUT2D eigenvalue weighted by atomic mass is 10.3. The fourth-order valence-electron chi connectivity index (χ4n) is 2.28. The van der Waals surface area contributed by atoms with Crippen LogP contribution in [0, 0.1) is 0 Å². The summed E-state index contributed by atoms with van der Waals surface area (Å²) < 4.78 is 6.21. The highest BCUT2D eigenvalue weighted by atomic mass is 32.1. The largest absolute Gasteiger partial charge is 0.497 e. The first-order valence-electron chi connectivity index (χ1n) is 7.64. The van der Waals surface area contributed by atoms with Crippen molar-refractivity contribution in [3.8, 4) is 5.75 Å². The van der Waals surface area contributed by atoms with Gasteiger partial charge in [0.1, 0.15) is 5.75 Å². The van der Waals surface area contributed by atoms with Crippen molar-refractivity contribution in [1.29, 1.82) is 0 Å². The second-order valence-electron chi connectivity index (χ2n) is 5.18. The summed E-state index contributed by atoms with van der Waals surface area (Å²) in [5, 5.41) is 10.2. The molecule has 0 saturated heterocycles. The van der Waals surface area contributed by atoms with E-state index in [-0.39, 0.29) is 5.91 Å². The number of rotatable bonds is 5. The Labute approximate surface area is 161 Å². The number of benzene rings is 1. The van der Waals surface area contributed by atoms with Crippen LogP contribution in [0.25, 0.3) is 10.2 Å². The van der Waals surface area contributed by atoms with E-state index in [1.165, 1.54) is 27.7 Å². The van der Waals surface area contributed by atoms with E-state index in [4.69, 9.17) is 4.74 Å². The summed E-state index contributed by atoms with van der Waals surface area (Å²) in [6.07, 6.45) is 1.68. The monoisotopic (exact) mass is 399 g/mol.